The second-order valence-corrected chi connectivity index (χ2v) is 6.65. The maximum atomic E-state index is 5.93. The first-order valence-electron chi connectivity index (χ1n) is 9.11. The molecule has 3 nitrogen and oxygen atoms in total. The highest BCUT2D eigenvalue weighted by atomic mass is 16.5. The van der Waals surface area contributed by atoms with Gasteiger partial charge >= 0.3 is 0 Å². The molecule has 1 aromatic rings. The smallest absolute Gasteiger partial charge is 0.142 e. The molecule has 22 heavy (non-hydrogen) atoms. The van der Waals surface area contributed by atoms with Crippen LogP contribution in [0.4, 0.5) is 5.69 Å². The monoisotopic (exact) mass is 302 g/mol. The highest BCUT2D eigenvalue weighted by molar-refractivity contribution is 5.60. The number of piperidine rings is 1. The van der Waals surface area contributed by atoms with E-state index in [0.717, 1.165) is 24.9 Å². The summed E-state index contributed by atoms with van der Waals surface area (Å²) in [6, 6.07) is 7.50. The fraction of sp³-hybridized carbons (Fsp3) is 0.684. The molecule has 1 saturated carbocycles. The molecule has 1 N–H and O–H groups in total. The fourth-order valence-corrected chi connectivity index (χ4v) is 3.73. The molecule has 1 heterocycles. The van der Waals surface area contributed by atoms with Crippen LogP contribution >= 0.6 is 0 Å². The van der Waals surface area contributed by atoms with Crippen molar-refractivity contribution in [1.29, 1.82) is 0 Å². The van der Waals surface area contributed by atoms with Crippen LogP contribution in [0.25, 0.3) is 0 Å². The Morgan fingerprint density at radius 2 is 1.86 bits per heavy atom. The summed E-state index contributed by atoms with van der Waals surface area (Å²) in [6.07, 6.45) is 9.41. The minimum absolute atomic E-state index is 0.720. The number of rotatable bonds is 6. The van der Waals surface area contributed by atoms with E-state index < -0.39 is 0 Å². The molecule has 1 aliphatic carbocycles. The molecule has 2 aliphatic rings. The Morgan fingerprint density at radius 1 is 1.09 bits per heavy atom. The van der Waals surface area contributed by atoms with Gasteiger partial charge in [0, 0.05) is 25.7 Å². The van der Waals surface area contributed by atoms with Crippen molar-refractivity contribution in [1.82, 2.24) is 5.32 Å². The molecule has 2 fully saturated rings. The SMILES string of the molecule is CCOc1cc(CNC2CCCC2)ccc1N1CCCCC1. The standard InChI is InChI=1S/C19H30N2O/c1-2-22-19-14-16(15-20-17-8-4-5-9-17)10-11-18(19)21-12-6-3-7-13-21/h10-11,14,17,20H,2-9,12-13,15H2,1H3. The molecule has 1 aliphatic heterocycles. The normalized spacial score (nSPS) is 19.6. The Balaban J connectivity index is 1.68. The Bertz CT molecular complexity index is 463. The average Bonchev–Trinajstić information content (AvgIpc) is 3.08. The second kappa shape index (κ2) is 7.87. The van der Waals surface area contributed by atoms with E-state index in [1.54, 1.807) is 0 Å². The maximum Gasteiger partial charge on any atom is 0.142 e. The Hall–Kier alpha value is -1.22. The van der Waals surface area contributed by atoms with E-state index >= 15 is 0 Å². The summed E-state index contributed by atoms with van der Waals surface area (Å²) in [5.41, 5.74) is 2.63. The zero-order valence-electron chi connectivity index (χ0n) is 13.9. The molecule has 0 bridgehead atoms. The fourth-order valence-electron chi connectivity index (χ4n) is 3.73. The summed E-state index contributed by atoms with van der Waals surface area (Å²) in [7, 11) is 0. The lowest BCUT2D eigenvalue weighted by atomic mass is 10.1. The van der Waals surface area contributed by atoms with E-state index in [2.05, 4.69) is 35.3 Å². The third kappa shape index (κ3) is 3.95. The van der Waals surface area contributed by atoms with E-state index in [4.69, 9.17) is 4.74 Å². The van der Waals surface area contributed by atoms with Crippen LogP contribution in [0.1, 0.15) is 57.4 Å². The van der Waals surface area contributed by atoms with Gasteiger partial charge in [-0.2, -0.15) is 0 Å². The molecule has 0 radical (unpaired) electrons. The van der Waals surface area contributed by atoms with Crippen LogP contribution in [0.15, 0.2) is 18.2 Å². The lowest BCUT2D eigenvalue weighted by Crippen LogP contribution is -2.30. The highest BCUT2D eigenvalue weighted by Crippen LogP contribution is 2.32. The third-order valence-electron chi connectivity index (χ3n) is 4.97. The van der Waals surface area contributed by atoms with E-state index in [9.17, 15) is 0 Å². The first-order valence-corrected chi connectivity index (χ1v) is 9.11. The van der Waals surface area contributed by atoms with Gasteiger partial charge in [0.05, 0.1) is 12.3 Å². The molecular formula is C19H30N2O. The maximum absolute atomic E-state index is 5.93. The third-order valence-corrected chi connectivity index (χ3v) is 4.97. The summed E-state index contributed by atoms with van der Waals surface area (Å²) in [6.45, 7) is 6.11. The topological polar surface area (TPSA) is 24.5 Å². The molecule has 3 heteroatoms. The lowest BCUT2D eigenvalue weighted by Gasteiger charge is -2.30. The number of hydrogen-bond acceptors (Lipinski definition) is 3. The zero-order valence-corrected chi connectivity index (χ0v) is 13.9. The van der Waals surface area contributed by atoms with Crippen molar-refractivity contribution in [3.63, 3.8) is 0 Å². The van der Waals surface area contributed by atoms with Gasteiger partial charge < -0.3 is 15.0 Å². The van der Waals surface area contributed by atoms with Gasteiger partial charge in [0.15, 0.2) is 0 Å². The van der Waals surface area contributed by atoms with E-state index in [-0.39, 0.29) is 0 Å². The number of ether oxygens (including phenoxy) is 1. The molecule has 0 atom stereocenters. The number of anilines is 1. The van der Waals surface area contributed by atoms with Crippen molar-refractivity contribution in [3.8, 4) is 5.75 Å². The van der Waals surface area contributed by atoms with Crippen LogP contribution in [0, 0.1) is 0 Å². The van der Waals surface area contributed by atoms with E-state index in [0.29, 0.717) is 0 Å². The van der Waals surface area contributed by atoms with E-state index in [1.165, 1.54) is 69.3 Å². The molecule has 0 amide bonds. The van der Waals surface area contributed by atoms with Gasteiger partial charge in [-0.3, -0.25) is 0 Å². The first kappa shape index (κ1) is 15.7. The molecule has 1 aromatic carbocycles. The number of nitrogens with one attached hydrogen (secondary N) is 1. The minimum Gasteiger partial charge on any atom is -0.492 e. The predicted molar refractivity (Wildman–Crippen MR) is 92.8 cm³/mol. The van der Waals surface area contributed by atoms with Crippen molar-refractivity contribution in [2.24, 2.45) is 0 Å². The molecule has 3 rings (SSSR count). The van der Waals surface area contributed by atoms with Crippen molar-refractivity contribution >= 4 is 5.69 Å². The van der Waals surface area contributed by atoms with Crippen LogP contribution < -0.4 is 15.0 Å². The molecule has 122 valence electrons. The summed E-state index contributed by atoms with van der Waals surface area (Å²) >= 11 is 0. The van der Waals surface area contributed by atoms with Crippen molar-refractivity contribution in [2.75, 3.05) is 24.6 Å². The zero-order chi connectivity index (χ0) is 15.2. The van der Waals surface area contributed by atoms with Gasteiger partial charge in [-0.05, 0) is 56.7 Å². The van der Waals surface area contributed by atoms with E-state index in [1.807, 2.05) is 0 Å². The van der Waals surface area contributed by atoms with Gasteiger partial charge in [-0.25, -0.2) is 0 Å². The van der Waals surface area contributed by atoms with Crippen LogP contribution in [0.5, 0.6) is 5.75 Å². The predicted octanol–water partition coefficient (Wildman–Crippen LogP) is 4.11. The summed E-state index contributed by atoms with van der Waals surface area (Å²) < 4.78 is 5.93. The van der Waals surface area contributed by atoms with Crippen LogP contribution in [0.3, 0.4) is 0 Å². The van der Waals surface area contributed by atoms with Gasteiger partial charge in [0.1, 0.15) is 5.75 Å². The highest BCUT2D eigenvalue weighted by Gasteiger charge is 2.17. The first-order chi connectivity index (χ1) is 10.9. The van der Waals surface area contributed by atoms with Gasteiger partial charge in [-0.15, -0.1) is 0 Å². The number of benzene rings is 1. The Kier molecular flexibility index (Phi) is 5.60. The van der Waals surface area contributed by atoms with Gasteiger partial charge in [-0.1, -0.05) is 18.9 Å². The summed E-state index contributed by atoms with van der Waals surface area (Å²) in [5, 5.41) is 3.70. The van der Waals surface area contributed by atoms with Crippen molar-refractivity contribution in [3.05, 3.63) is 23.8 Å². The molecule has 0 aromatic heterocycles. The van der Waals surface area contributed by atoms with Crippen molar-refractivity contribution < 1.29 is 4.74 Å². The molecular weight excluding hydrogens is 272 g/mol. The minimum atomic E-state index is 0.720. The number of hydrogen-bond donors (Lipinski definition) is 1. The largest absolute Gasteiger partial charge is 0.492 e. The summed E-state index contributed by atoms with van der Waals surface area (Å²) in [5.74, 6) is 1.06. The van der Waals surface area contributed by atoms with Crippen LogP contribution in [-0.2, 0) is 6.54 Å². The average molecular weight is 302 g/mol. The number of nitrogens with zero attached hydrogens (tertiary/aromatic N) is 1. The summed E-state index contributed by atoms with van der Waals surface area (Å²) in [4.78, 5) is 2.49. The lowest BCUT2D eigenvalue weighted by molar-refractivity contribution is 0.339. The van der Waals surface area contributed by atoms with Gasteiger partial charge in [0.25, 0.3) is 0 Å². The molecule has 0 unspecified atom stereocenters. The van der Waals surface area contributed by atoms with Crippen LogP contribution in [-0.4, -0.2) is 25.7 Å². The Morgan fingerprint density at radius 3 is 2.59 bits per heavy atom. The second-order valence-electron chi connectivity index (χ2n) is 6.65. The van der Waals surface area contributed by atoms with Gasteiger partial charge in [0.2, 0.25) is 0 Å². The Labute approximate surface area is 135 Å². The quantitative estimate of drug-likeness (QED) is 0.856. The molecule has 1 saturated heterocycles. The molecule has 0 spiro atoms. The van der Waals surface area contributed by atoms with Crippen molar-refractivity contribution in [2.45, 2.75) is 64.5 Å². The van der Waals surface area contributed by atoms with Crippen LogP contribution in [0.2, 0.25) is 0 Å².